The fourth-order valence-electron chi connectivity index (χ4n) is 2.02. The number of hydrogen-bond donors (Lipinski definition) is 1. The number of anilines is 1. The molecule has 0 spiro atoms. The fourth-order valence-corrected chi connectivity index (χ4v) is 2.02. The molecule has 1 amide bonds. The van der Waals surface area contributed by atoms with Crippen molar-refractivity contribution < 1.29 is 14.6 Å². The van der Waals surface area contributed by atoms with Crippen molar-refractivity contribution in [2.75, 3.05) is 5.32 Å². The average molecular weight is 315 g/mol. The molecular weight excluding hydrogens is 302 g/mol. The van der Waals surface area contributed by atoms with Gasteiger partial charge in [-0.15, -0.1) is 0 Å². The van der Waals surface area contributed by atoms with Crippen molar-refractivity contribution in [2.45, 2.75) is 12.8 Å². The SMILES string of the molecule is C[C@H](C(=O)Nc1cc([N+](=O)[O-])cc([N+](=O)[O-])c1)c1ccccc1. The Morgan fingerprint density at radius 3 is 2.00 bits per heavy atom. The van der Waals surface area contributed by atoms with Crippen LogP contribution in [0.4, 0.5) is 17.1 Å². The van der Waals surface area contributed by atoms with Gasteiger partial charge in [-0.3, -0.25) is 25.0 Å². The highest BCUT2D eigenvalue weighted by atomic mass is 16.6. The molecule has 8 heteroatoms. The van der Waals surface area contributed by atoms with Gasteiger partial charge >= 0.3 is 0 Å². The van der Waals surface area contributed by atoms with E-state index in [-0.39, 0.29) is 5.69 Å². The molecule has 0 fully saturated rings. The molecule has 2 aromatic carbocycles. The molecule has 118 valence electrons. The first-order valence-electron chi connectivity index (χ1n) is 6.68. The Labute approximate surface area is 131 Å². The summed E-state index contributed by atoms with van der Waals surface area (Å²) in [6, 6.07) is 12.0. The van der Waals surface area contributed by atoms with Crippen LogP contribution in [0.3, 0.4) is 0 Å². The van der Waals surface area contributed by atoms with Gasteiger partial charge in [-0.05, 0) is 12.5 Å². The second kappa shape index (κ2) is 6.65. The van der Waals surface area contributed by atoms with Crippen molar-refractivity contribution in [3.05, 3.63) is 74.3 Å². The van der Waals surface area contributed by atoms with E-state index in [1.54, 1.807) is 31.2 Å². The first-order chi connectivity index (χ1) is 10.9. The van der Waals surface area contributed by atoms with Crippen LogP contribution in [0.5, 0.6) is 0 Å². The topological polar surface area (TPSA) is 115 Å². The largest absolute Gasteiger partial charge is 0.325 e. The summed E-state index contributed by atoms with van der Waals surface area (Å²) in [5.41, 5.74) is -0.132. The summed E-state index contributed by atoms with van der Waals surface area (Å²) in [5.74, 6) is -0.916. The van der Waals surface area contributed by atoms with E-state index in [1.807, 2.05) is 6.07 Å². The molecule has 0 radical (unpaired) electrons. The van der Waals surface area contributed by atoms with Crippen molar-refractivity contribution in [1.29, 1.82) is 0 Å². The lowest BCUT2D eigenvalue weighted by molar-refractivity contribution is -0.394. The Kier molecular flexibility index (Phi) is 4.65. The maximum absolute atomic E-state index is 12.2. The number of carbonyl (C=O) groups excluding carboxylic acids is 1. The van der Waals surface area contributed by atoms with E-state index < -0.39 is 33.0 Å². The summed E-state index contributed by atoms with van der Waals surface area (Å²) in [4.78, 5) is 32.4. The van der Waals surface area contributed by atoms with E-state index in [1.165, 1.54) is 0 Å². The van der Waals surface area contributed by atoms with Gasteiger partial charge in [0, 0.05) is 12.1 Å². The highest BCUT2D eigenvalue weighted by molar-refractivity contribution is 5.96. The molecule has 0 aliphatic heterocycles. The smallest absolute Gasteiger partial charge is 0.278 e. The van der Waals surface area contributed by atoms with E-state index in [9.17, 15) is 25.0 Å². The molecule has 0 unspecified atom stereocenters. The molecule has 2 aromatic rings. The van der Waals surface area contributed by atoms with Gasteiger partial charge in [0.15, 0.2) is 0 Å². The van der Waals surface area contributed by atoms with Gasteiger partial charge < -0.3 is 5.32 Å². The maximum atomic E-state index is 12.2. The van der Waals surface area contributed by atoms with E-state index in [4.69, 9.17) is 0 Å². The first kappa shape index (κ1) is 16.1. The number of non-ortho nitro benzene ring substituents is 2. The molecule has 0 aromatic heterocycles. The Morgan fingerprint density at radius 2 is 1.52 bits per heavy atom. The van der Waals surface area contributed by atoms with Crippen molar-refractivity contribution >= 4 is 23.0 Å². The van der Waals surface area contributed by atoms with Gasteiger partial charge in [-0.25, -0.2) is 0 Å². The van der Waals surface area contributed by atoms with Crippen molar-refractivity contribution in [2.24, 2.45) is 0 Å². The highest BCUT2D eigenvalue weighted by Crippen LogP contribution is 2.27. The number of nitro benzene ring substituents is 2. The zero-order valence-corrected chi connectivity index (χ0v) is 12.1. The number of nitro groups is 2. The number of rotatable bonds is 5. The van der Waals surface area contributed by atoms with E-state index in [0.717, 1.165) is 23.8 Å². The number of benzene rings is 2. The van der Waals surface area contributed by atoms with Crippen molar-refractivity contribution in [1.82, 2.24) is 0 Å². The van der Waals surface area contributed by atoms with Crippen molar-refractivity contribution in [3.63, 3.8) is 0 Å². The zero-order valence-electron chi connectivity index (χ0n) is 12.1. The number of nitrogens with one attached hydrogen (secondary N) is 1. The van der Waals surface area contributed by atoms with Gasteiger partial charge in [0.1, 0.15) is 0 Å². The predicted octanol–water partition coefficient (Wildman–Crippen LogP) is 3.25. The average Bonchev–Trinajstić information content (AvgIpc) is 2.54. The van der Waals surface area contributed by atoms with Crippen LogP contribution in [0.15, 0.2) is 48.5 Å². The molecule has 1 atom stereocenters. The quantitative estimate of drug-likeness (QED) is 0.671. The number of carbonyl (C=O) groups is 1. The molecule has 2 rings (SSSR count). The first-order valence-corrected chi connectivity index (χ1v) is 6.68. The Balaban J connectivity index is 2.26. The molecule has 0 saturated carbocycles. The fraction of sp³-hybridized carbons (Fsp3) is 0.133. The molecule has 0 heterocycles. The summed E-state index contributed by atoms with van der Waals surface area (Å²) in [7, 11) is 0. The van der Waals surface area contributed by atoms with E-state index >= 15 is 0 Å². The van der Waals surface area contributed by atoms with Crippen molar-refractivity contribution in [3.8, 4) is 0 Å². The van der Waals surface area contributed by atoms with E-state index in [0.29, 0.717) is 0 Å². The molecule has 1 N–H and O–H groups in total. The molecule has 0 bridgehead atoms. The predicted molar refractivity (Wildman–Crippen MR) is 83.2 cm³/mol. The van der Waals surface area contributed by atoms with Crippen LogP contribution in [0.2, 0.25) is 0 Å². The summed E-state index contributed by atoms with van der Waals surface area (Å²) in [6.07, 6.45) is 0. The van der Waals surface area contributed by atoms with Crippen LogP contribution in [0, 0.1) is 20.2 Å². The lowest BCUT2D eigenvalue weighted by Gasteiger charge is -2.12. The molecule has 0 saturated heterocycles. The summed E-state index contributed by atoms with van der Waals surface area (Å²) >= 11 is 0. The lowest BCUT2D eigenvalue weighted by Crippen LogP contribution is -2.19. The molecule has 23 heavy (non-hydrogen) atoms. The number of nitrogens with zero attached hydrogens (tertiary/aromatic N) is 2. The van der Waals surface area contributed by atoms with Crippen LogP contribution in [0.25, 0.3) is 0 Å². The third kappa shape index (κ3) is 3.88. The maximum Gasteiger partial charge on any atom is 0.278 e. The van der Waals surface area contributed by atoms with Gasteiger partial charge in [0.2, 0.25) is 5.91 Å². The minimum absolute atomic E-state index is 0.0127. The normalized spacial score (nSPS) is 11.5. The molecule has 8 nitrogen and oxygen atoms in total. The van der Waals surface area contributed by atoms with Crippen LogP contribution in [0.1, 0.15) is 18.4 Å². The molecular formula is C15H13N3O5. The van der Waals surface area contributed by atoms with Crippen LogP contribution in [-0.4, -0.2) is 15.8 Å². The van der Waals surface area contributed by atoms with Gasteiger partial charge in [0.05, 0.1) is 27.5 Å². The zero-order chi connectivity index (χ0) is 17.0. The minimum atomic E-state index is -0.747. The Bertz CT molecular complexity index is 729. The lowest BCUT2D eigenvalue weighted by atomic mass is 10.0. The Hall–Kier alpha value is -3.29. The summed E-state index contributed by atoms with van der Waals surface area (Å²) < 4.78 is 0. The van der Waals surface area contributed by atoms with Gasteiger partial charge in [-0.2, -0.15) is 0 Å². The second-order valence-electron chi connectivity index (χ2n) is 4.87. The summed E-state index contributed by atoms with van der Waals surface area (Å²) in [5, 5.41) is 24.2. The monoisotopic (exact) mass is 315 g/mol. The highest BCUT2D eigenvalue weighted by Gasteiger charge is 2.20. The standard InChI is InChI=1S/C15H13N3O5/c1-10(11-5-3-2-4-6-11)15(19)16-12-7-13(17(20)21)9-14(8-12)18(22)23/h2-10H,1H3,(H,16,19)/t10-/m0/s1. The number of hydrogen-bond acceptors (Lipinski definition) is 5. The van der Waals surface area contributed by atoms with Gasteiger partial charge in [0.25, 0.3) is 11.4 Å². The molecule has 0 aliphatic carbocycles. The Morgan fingerprint density at radius 1 is 1.00 bits per heavy atom. The van der Waals surface area contributed by atoms with Crippen LogP contribution in [-0.2, 0) is 4.79 Å². The minimum Gasteiger partial charge on any atom is -0.325 e. The second-order valence-corrected chi connectivity index (χ2v) is 4.87. The van der Waals surface area contributed by atoms with Crippen LogP contribution < -0.4 is 5.32 Å². The summed E-state index contributed by atoms with van der Waals surface area (Å²) in [6.45, 7) is 1.68. The number of amides is 1. The third-order valence-electron chi connectivity index (χ3n) is 3.28. The van der Waals surface area contributed by atoms with E-state index in [2.05, 4.69) is 5.32 Å². The van der Waals surface area contributed by atoms with Gasteiger partial charge in [-0.1, -0.05) is 30.3 Å². The molecule has 0 aliphatic rings. The third-order valence-corrected chi connectivity index (χ3v) is 3.28. The van der Waals surface area contributed by atoms with Crippen LogP contribution >= 0.6 is 0 Å².